The van der Waals surface area contributed by atoms with E-state index in [-0.39, 0.29) is 12.4 Å². The molecule has 76 valence electrons. The van der Waals surface area contributed by atoms with Gasteiger partial charge in [-0.25, -0.2) is 9.97 Å². The molecule has 1 aromatic rings. The van der Waals surface area contributed by atoms with Crippen LogP contribution in [0.25, 0.3) is 0 Å². The summed E-state index contributed by atoms with van der Waals surface area (Å²) in [6.45, 7) is 2.19. The first kappa shape index (κ1) is 11.0. The normalized spacial score (nSPS) is 9.86. The van der Waals surface area contributed by atoms with Gasteiger partial charge in [0.15, 0.2) is 5.16 Å². The zero-order valence-corrected chi connectivity index (χ0v) is 9.00. The molecule has 0 saturated heterocycles. The van der Waals surface area contributed by atoms with Gasteiger partial charge >= 0.3 is 5.97 Å². The van der Waals surface area contributed by atoms with Crippen LogP contribution in [-0.2, 0) is 16.0 Å². The lowest BCUT2D eigenvalue weighted by molar-refractivity contribution is -0.142. The molecule has 1 heterocycles. The van der Waals surface area contributed by atoms with Gasteiger partial charge in [0.2, 0.25) is 0 Å². The summed E-state index contributed by atoms with van der Waals surface area (Å²) in [5.74, 6) is -0.243. The number of carbonyl (C=O) groups excluding carboxylic acids is 1. The van der Waals surface area contributed by atoms with Gasteiger partial charge in [-0.1, -0.05) is 11.8 Å². The predicted octanol–water partition coefficient (Wildman–Crippen LogP) is 1.30. The summed E-state index contributed by atoms with van der Waals surface area (Å²) in [6.07, 6.45) is 5.44. The molecule has 0 bridgehead atoms. The van der Waals surface area contributed by atoms with Crippen molar-refractivity contribution in [3.63, 3.8) is 0 Å². The predicted molar refractivity (Wildman–Crippen MR) is 54.2 cm³/mol. The Morgan fingerprint density at radius 2 is 2.14 bits per heavy atom. The molecule has 0 aliphatic heterocycles. The average molecular weight is 212 g/mol. The average Bonchev–Trinajstić information content (AvgIpc) is 2.19. The molecule has 0 radical (unpaired) electrons. The molecule has 14 heavy (non-hydrogen) atoms. The topological polar surface area (TPSA) is 52.1 Å². The third kappa shape index (κ3) is 3.33. The van der Waals surface area contributed by atoms with Crippen LogP contribution in [0.2, 0.25) is 0 Å². The fourth-order valence-electron chi connectivity index (χ4n) is 0.918. The van der Waals surface area contributed by atoms with E-state index in [0.717, 1.165) is 5.56 Å². The quantitative estimate of drug-likeness (QED) is 0.428. The molecule has 0 spiro atoms. The first-order valence-electron chi connectivity index (χ1n) is 4.26. The van der Waals surface area contributed by atoms with Gasteiger partial charge in [-0.2, -0.15) is 0 Å². The van der Waals surface area contributed by atoms with Gasteiger partial charge < -0.3 is 4.74 Å². The molecule has 0 saturated carbocycles. The standard InChI is InChI=1S/C9H12N2O2S/c1-3-13-8(12)4-7-5-10-9(14-2)11-6-7/h5-6H,3-4H2,1-2H3. The molecular formula is C9H12N2O2S. The fraction of sp³-hybridized carbons (Fsp3) is 0.444. The molecule has 5 heteroatoms. The number of esters is 1. The van der Waals surface area contributed by atoms with Crippen LogP contribution in [0.4, 0.5) is 0 Å². The molecular weight excluding hydrogens is 200 g/mol. The summed E-state index contributed by atoms with van der Waals surface area (Å²) in [5, 5.41) is 0.706. The molecule has 0 aliphatic rings. The number of hydrogen-bond donors (Lipinski definition) is 0. The Kier molecular flexibility index (Phi) is 4.39. The first-order valence-corrected chi connectivity index (χ1v) is 5.49. The lowest BCUT2D eigenvalue weighted by Crippen LogP contribution is -2.08. The lowest BCUT2D eigenvalue weighted by atomic mass is 10.2. The number of ether oxygens (including phenoxy) is 1. The van der Waals surface area contributed by atoms with E-state index in [2.05, 4.69) is 9.97 Å². The summed E-state index contributed by atoms with van der Waals surface area (Å²) in [6, 6.07) is 0. The Hall–Kier alpha value is -1.10. The molecule has 0 aromatic carbocycles. The van der Waals surface area contributed by atoms with Crippen molar-refractivity contribution in [1.82, 2.24) is 9.97 Å². The molecule has 0 atom stereocenters. The second-order valence-electron chi connectivity index (χ2n) is 2.56. The highest BCUT2D eigenvalue weighted by Crippen LogP contribution is 2.07. The van der Waals surface area contributed by atoms with Crippen molar-refractivity contribution < 1.29 is 9.53 Å². The van der Waals surface area contributed by atoms with Crippen LogP contribution in [-0.4, -0.2) is 28.8 Å². The SMILES string of the molecule is CCOC(=O)Cc1cnc(SC)nc1. The van der Waals surface area contributed by atoms with Crippen molar-refractivity contribution >= 4 is 17.7 Å². The molecule has 1 rings (SSSR count). The Balaban J connectivity index is 2.55. The van der Waals surface area contributed by atoms with E-state index in [9.17, 15) is 4.79 Å². The number of aromatic nitrogens is 2. The summed E-state index contributed by atoms with van der Waals surface area (Å²) in [7, 11) is 0. The summed E-state index contributed by atoms with van der Waals surface area (Å²) < 4.78 is 4.80. The number of carbonyl (C=O) groups is 1. The van der Waals surface area contributed by atoms with Gasteiger partial charge in [0.25, 0.3) is 0 Å². The number of thioether (sulfide) groups is 1. The van der Waals surface area contributed by atoms with Gasteiger partial charge in [-0.3, -0.25) is 4.79 Å². The molecule has 0 amide bonds. The van der Waals surface area contributed by atoms with Crippen molar-refractivity contribution in [2.24, 2.45) is 0 Å². The molecule has 0 aliphatic carbocycles. The van der Waals surface area contributed by atoms with Gasteiger partial charge in [-0.05, 0) is 18.7 Å². The maximum Gasteiger partial charge on any atom is 0.310 e. The van der Waals surface area contributed by atoms with E-state index in [1.54, 1.807) is 19.3 Å². The van der Waals surface area contributed by atoms with E-state index in [0.29, 0.717) is 11.8 Å². The second kappa shape index (κ2) is 5.59. The number of hydrogen-bond acceptors (Lipinski definition) is 5. The van der Waals surface area contributed by atoms with Crippen molar-refractivity contribution in [3.05, 3.63) is 18.0 Å². The highest BCUT2D eigenvalue weighted by molar-refractivity contribution is 7.98. The summed E-state index contributed by atoms with van der Waals surface area (Å²) in [5.41, 5.74) is 0.779. The van der Waals surface area contributed by atoms with E-state index in [1.165, 1.54) is 11.8 Å². The maximum atomic E-state index is 11.1. The van der Waals surface area contributed by atoms with Gasteiger partial charge in [0.05, 0.1) is 13.0 Å². The maximum absolute atomic E-state index is 11.1. The van der Waals surface area contributed by atoms with Gasteiger partial charge in [0.1, 0.15) is 0 Å². The van der Waals surface area contributed by atoms with Crippen LogP contribution in [0.15, 0.2) is 17.6 Å². The van der Waals surface area contributed by atoms with Crippen molar-refractivity contribution in [3.8, 4) is 0 Å². The Labute approximate surface area is 87.1 Å². The van der Waals surface area contributed by atoms with Crippen molar-refractivity contribution in [2.75, 3.05) is 12.9 Å². The summed E-state index contributed by atoms with van der Waals surface area (Å²) in [4.78, 5) is 19.2. The molecule has 4 nitrogen and oxygen atoms in total. The van der Waals surface area contributed by atoms with Crippen LogP contribution < -0.4 is 0 Å². The van der Waals surface area contributed by atoms with Crippen molar-refractivity contribution in [1.29, 1.82) is 0 Å². The van der Waals surface area contributed by atoms with Gasteiger partial charge in [-0.15, -0.1) is 0 Å². The second-order valence-corrected chi connectivity index (χ2v) is 3.33. The number of nitrogens with zero attached hydrogens (tertiary/aromatic N) is 2. The molecule has 0 fully saturated rings. The monoisotopic (exact) mass is 212 g/mol. The molecule has 1 aromatic heterocycles. The fourth-order valence-corrected chi connectivity index (χ4v) is 1.23. The van der Waals surface area contributed by atoms with E-state index in [4.69, 9.17) is 4.74 Å². The van der Waals surface area contributed by atoms with Crippen LogP contribution in [0, 0.1) is 0 Å². The smallest absolute Gasteiger partial charge is 0.310 e. The lowest BCUT2D eigenvalue weighted by Gasteiger charge is -2.01. The van der Waals surface area contributed by atoms with Crippen molar-refractivity contribution in [2.45, 2.75) is 18.5 Å². The Bertz CT molecular complexity index is 300. The third-order valence-electron chi connectivity index (χ3n) is 1.52. The van der Waals surface area contributed by atoms with Gasteiger partial charge in [0, 0.05) is 12.4 Å². The zero-order chi connectivity index (χ0) is 10.4. The van der Waals surface area contributed by atoms with Crippen LogP contribution in [0.3, 0.4) is 0 Å². The van der Waals surface area contributed by atoms with E-state index < -0.39 is 0 Å². The van der Waals surface area contributed by atoms with E-state index in [1.807, 2.05) is 6.26 Å². The molecule has 0 N–H and O–H groups in total. The highest BCUT2D eigenvalue weighted by atomic mass is 32.2. The van der Waals surface area contributed by atoms with E-state index >= 15 is 0 Å². The minimum absolute atomic E-state index is 0.239. The summed E-state index contributed by atoms with van der Waals surface area (Å²) >= 11 is 1.47. The largest absolute Gasteiger partial charge is 0.466 e. The zero-order valence-electron chi connectivity index (χ0n) is 8.19. The van der Waals surface area contributed by atoms with Crippen LogP contribution in [0.1, 0.15) is 12.5 Å². The minimum atomic E-state index is -0.243. The Morgan fingerprint density at radius 1 is 1.50 bits per heavy atom. The first-order chi connectivity index (χ1) is 6.76. The molecule has 0 unspecified atom stereocenters. The minimum Gasteiger partial charge on any atom is -0.466 e. The van der Waals surface area contributed by atoms with Crippen LogP contribution in [0.5, 0.6) is 0 Å². The highest BCUT2D eigenvalue weighted by Gasteiger charge is 2.04. The third-order valence-corrected chi connectivity index (χ3v) is 2.09. The number of rotatable bonds is 4. The van der Waals surface area contributed by atoms with Crippen LogP contribution >= 0.6 is 11.8 Å². The Morgan fingerprint density at radius 3 is 2.64 bits per heavy atom.